The molecule has 4 aromatic rings. The molecule has 0 fully saturated rings. The molecular formula is C23H22FN5OS. The molecule has 0 aliphatic rings. The van der Waals surface area contributed by atoms with Crippen molar-refractivity contribution in [3.8, 4) is 22.6 Å². The van der Waals surface area contributed by atoms with E-state index in [-0.39, 0.29) is 11.9 Å². The Labute approximate surface area is 183 Å². The van der Waals surface area contributed by atoms with Gasteiger partial charge in [-0.05, 0) is 51.5 Å². The molecule has 3 aromatic heterocycles. The van der Waals surface area contributed by atoms with Crippen LogP contribution in [0.2, 0.25) is 0 Å². The van der Waals surface area contributed by atoms with Crippen molar-refractivity contribution in [3.63, 3.8) is 0 Å². The number of carbonyl (C=O) groups excluding carboxylic acids is 1. The average molecular weight is 436 g/mol. The Balaban J connectivity index is 1.72. The zero-order chi connectivity index (χ0) is 22.1. The maximum atomic E-state index is 14.6. The summed E-state index contributed by atoms with van der Waals surface area (Å²) in [6.45, 7) is 7.61. The molecule has 0 spiro atoms. The number of nitrogens with zero attached hydrogens (tertiary/aromatic N) is 4. The zero-order valence-corrected chi connectivity index (χ0v) is 18.5. The van der Waals surface area contributed by atoms with Crippen LogP contribution >= 0.6 is 11.3 Å². The molecule has 0 radical (unpaired) electrons. The fraction of sp³-hybridized carbons (Fsp3) is 0.217. The lowest BCUT2D eigenvalue weighted by Gasteiger charge is -2.13. The Bertz CT molecular complexity index is 1260. The molecule has 0 bridgehead atoms. The van der Waals surface area contributed by atoms with Crippen LogP contribution in [0.15, 0.2) is 48.0 Å². The van der Waals surface area contributed by atoms with Crippen LogP contribution in [0.1, 0.15) is 41.5 Å². The summed E-state index contributed by atoms with van der Waals surface area (Å²) in [6, 6.07) is 10.2. The molecule has 4 rings (SSSR count). The second-order valence-corrected chi connectivity index (χ2v) is 8.35. The van der Waals surface area contributed by atoms with Gasteiger partial charge in [-0.1, -0.05) is 18.2 Å². The standard InChI is InChI=1S/C23H22FN5OS/c1-13(2)29-21(16-9-5-6-10-17(16)24)19(15(4)28-29)22(30)27-23-26-18(12-31-23)20-14(3)8-7-11-25-20/h5-13H,1-4H3,(H,26,27,30). The van der Waals surface area contributed by atoms with Crippen LogP contribution in [0.5, 0.6) is 0 Å². The second kappa shape index (κ2) is 8.39. The number of benzene rings is 1. The van der Waals surface area contributed by atoms with Gasteiger partial charge in [-0.2, -0.15) is 5.10 Å². The minimum absolute atomic E-state index is 0.0477. The van der Waals surface area contributed by atoms with Gasteiger partial charge in [-0.25, -0.2) is 9.37 Å². The van der Waals surface area contributed by atoms with Gasteiger partial charge < -0.3 is 0 Å². The van der Waals surface area contributed by atoms with E-state index in [0.717, 1.165) is 11.3 Å². The highest BCUT2D eigenvalue weighted by Crippen LogP contribution is 2.32. The predicted molar refractivity (Wildman–Crippen MR) is 121 cm³/mol. The first-order valence-electron chi connectivity index (χ1n) is 9.89. The minimum atomic E-state index is -0.402. The van der Waals surface area contributed by atoms with E-state index in [1.54, 1.807) is 36.0 Å². The number of aromatic nitrogens is 4. The summed E-state index contributed by atoms with van der Waals surface area (Å²) < 4.78 is 16.3. The van der Waals surface area contributed by atoms with E-state index in [1.165, 1.54) is 17.4 Å². The lowest BCUT2D eigenvalue weighted by Crippen LogP contribution is -2.15. The van der Waals surface area contributed by atoms with Gasteiger partial charge in [0.25, 0.3) is 5.91 Å². The highest BCUT2D eigenvalue weighted by Gasteiger charge is 2.26. The number of carbonyl (C=O) groups is 1. The van der Waals surface area contributed by atoms with Gasteiger partial charge in [0.15, 0.2) is 5.13 Å². The van der Waals surface area contributed by atoms with Crippen molar-refractivity contribution < 1.29 is 9.18 Å². The van der Waals surface area contributed by atoms with Crippen LogP contribution in [-0.2, 0) is 0 Å². The molecule has 158 valence electrons. The average Bonchev–Trinajstić information content (AvgIpc) is 3.33. The highest BCUT2D eigenvalue weighted by molar-refractivity contribution is 7.14. The lowest BCUT2D eigenvalue weighted by atomic mass is 10.0. The summed E-state index contributed by atoms with van der Waals surface area (Å²) in [4.78, 5) is 22.2. The Morgan fingerprint density at radius 3 is 2.65 bits per heavy atom. The Morgan fingerprint density at radius 1 is 1.16 bits per heavy atom. The summed E-state index contributed by atoms with van der Waals surface area (Å²) in [5, 5.41) is 9.67. The fourth-order valence-electron chi connectivity index (χ4n) is 3.46. The molecule has 8 heteroatoms. The van der Waals surface area contributed by atoms with Gasteiger partial charge in [-0.15, -0.1) is 11.3 Å². The molecule has 0 saturated heterocycles. The van der Waals surface area contributed by atoms with Gasteiger partial charge in [0.1, 0.15) is 11.5 Å². The molecule has 6 nitrogen and oxygen atoms in total. The number of nitrogens with one attached hydrogen (secondary N) is 1. The number of pyridine rings is 1. The van der Waals surface area contributed by atoms with Gasteiger partial charge in [-0.3, -0.25) is 19.8 Å². The van der Waals surface area contributed by atoms with E-state index in [9.17, 15) is 9.18 Å². The number of amides is 1. The third-order valence-electron chi connectivity index (χ3n) is 4.91. The first kappa shape index (κ1) is 20.9. The molecule has 0 saturated carbocycles. The first-order valence-corrected chi connectivity index (χ1v) is 10.8. The summed E-state index contributed by atoms with van der Waals surface area (Å²) in [7, 11) is 0. The van der Waals surface area contributed by atoms with Gasteiger partial charge in [0.05, 0.1) is 22.6 Å². The van der Waals surface area contributed by atoms with Crippen molar-refractivity contribution in [1.82, 2.24) is 19.7 Å². The van der Waals surface area contributed by atoms with E-state index in [4.69, 9.17) is 0 Å². The Hall–Kier alpha value is -3.39. The Kier molecular flexibility index (Phi) is 5.65. The van der Waals surface area contributed by atoms with Crippen LogP contribution in [-0.4, -0.2) is 25.7 Å². The van der Waals surface area contributed by atoms with Gasteiger partial charge in [0, 0.05) is 23.2 Å². The van der Waals surface area contributed by atoms with E-state index >= 15 is 0 Å². The molecule has 1 N–H and O–H groups in total. The summed E-state index contributed by atoms with van der Waals surface area (Å²) in [6.07, 6.45) is 1.71. The van der Waals surface area contributed by atoms with E-state index in [2.05, 4.69) is 20.4 Å². The number of rotatable bonds is 5. The number of hydrogen-bond donors (Lipinski definition) is 1. The molecule has 0 atom stereocenters. The smallest absolute Gasteiger partial charge is 0.261 e. The number of aryl methyl sites for hydroxylation is 2. The molecule has 1 amide bonds. The van der Waals surface area contributed by atoms with E-state index < -0.39 is 5.82 Å². The molecule has 3 heterocycles. The molecule has 1 aromatic carbocycles. The normalized spacial score (nSPS) is 11.2. The van der Waals surface area contributed by atoms with Gasteiger partial charge in [0.2, 0.25) is 0 Å². The minimum Gasteiger partial charge on any atom is -0.298 e. The van der Waals surface area contributed by atoms with Crippen molar-refractivity contribution in [1.29, 1.82) is 0 Å². The summed E-state index contributed by atoms with van der Waals surface area (Å²) in [5.74, 6) is -0.776. The summed E-state index contributed by atoms with van der Waals surface area (Å²) >= 11 is 1.32. The van der Waals surface area contributed by atoms with Crippen LogP contribution in [0.25, 0.3) is 22.6 Å². The lowest BCUT2D eigenvalue weighted by molar-refractivity contribution is 0.102. The van der Waals surface area contributed by atoms with Crippen molar-refractivity contribution in [2.75, 3.05) is 5.32 Å². The van der Waals surface area contributed by atoms with Crippen LogP contribution in [0, 0.1) is 19.7 Å². The molecule has 0 aliphatic carbocycles. The van der Waals surface area contributed by atoms with Crippen LogP contribution < -0.4 is 5.32 Å². The maximum Gasteiger partial charge on any atom is 0.261 e. The van der Waals surface area contributed by atoms with Gasteiger partial charge >= 0.3 is 0 Å². The highest BCUT2D eigenvalue weighted by atomic mass is 32.1. The molecule has 0 unspecified atom stereocenters. The van der Waals surface area contributed by atoms with Crippen LogP contribution in [0.4, 0.5) is 9.52 Å². The fourth-order valence-corrected chi connectivity index (χ4v) is 4.15. The number of anilines is 1. The van der Waals surface area contributed by atoms with Crippen molar-refractivity contribution in [2.45, 2.75) is 33.7 Å². The largest absolute Gasteiger partial charge is 0.298 e. The topological polar surface area (TPSA) is 72.7 Å². The second-order valence-electron chi connectivity index (χ2n) is 7.49. The van der Waals surface area contributed by atoms with E-state index in [0.29, 0.717) is 33.3 Å². The molecule has 31 heavy (non-hydrogen) atoms. The first-order chi connectivity index (χ1) is 14.9. The van der Waals surface area contributed by atoms with Crippen molar-refractivity contribution in [3.05, 3.63) is 70.6 Å². The quantitative estimate of drug-likeness (QED) is 0.439. The maximum absolute atomic E-state index is 14.6. The number of thiazole rings is 1. The third-order valence-corrected chi connectivity index (χ3v) is 5.67. The zero-order valence-electron chi connectivity index (χ0n) is 17.7. The monoisotopic (exact) mass is 435 g/mol. The predicted octanol–water partition coefficient (Wildman–Crippen LogP) is 5.66. The molecular weight excluding hydrogens is 413 g/mol. The van der Waals surface area contributed by atoms with E-state index in [1.807, 2.05) is 38.3 Å². The van der Waals surface area contributed by atoms with Crippen LogP contribution in [0.3, 0.4) is 0 Å². The number of hydrogen-bond acceptors (Lipinski definition) is 5. The van der Waals surface area contributed by atoms with Crippen molar-refractivity contribution in [2.24, 2.45) is 0 Å². The van der Waals surface area contributed by atoms with Crippen molar-refractivity contribution >= 4 is 22.4 Å². The summed E-state index contributed by atoms with van der Waals surface area (Å²) in [5.41, 5.74) is 4.14. The molecule has 0 aliphatic heterocycles. The SMILES string of the molecule is Cc1cccnc1-c1csc(NC(=O)c2c(C)nn(C(C)C)c2-c2ccccc2F)n1. The number of halogens is 1. The third kappa shape index (κ3) is 3.98. The Morgan fingerprint density at radius 2 is 1.94 bits per heavy atom.